The Morgan fingerprint density at radius 3 is 2.71 bits per heavy atom. The second-order valence-electron chi connectivity index (χ2n) is 3.84. The maximum Gasteiger partial charge on any atom is 0.0869 e. The topological polar surface area (TPSA) is 50.9 Å². The molecule has 0 saturated heterocycles. The Morgan fingerprint density at radius 1 is 1.29 bits per heavy atom. The lowest BCUT2D eigenvalue weighted by Gasteiger charge is -2.10. The predicted octanol–water partition coefficient (Wildman–Crippen LogP) is 4.00. The van der Waals surface area contributed by atoms with Crippen molar-refractivity contribution in [3.05, 3.63) is 32.8 Å². The first-order chi connectivity index (χ1) is 8.15. The lowest BCUT2D eigenvalue weighted by Crippen LogP contribution is -2.08. The molecule has 17 heavy (non-hydrogen) atoms. The molecule has 3 N–H and O–H groups in total. The second kappa shape index (κ2) is 5.33. The SMILES string of the molecule is CCCc1cc(NN)c2cc(Br)cc(Br)c2n1. The zero-order chi connectivity index (χ0) is 12.4. The quantitative estimate of drug-likeness (QED) is 0.644. The van der Waals surface area contributed by atoms with Gasteiger partial charge in [0.25, 0.3) is 0 Å². The van der Waals surface area contributed by atoms with E-state index in [-0.39, 0.29) is 0 Å². The highest BCUT2D eigenvalue weighted by atomic mass is 79.9. The molecule has 0 aliphatic carbocycles. The molecule has 3 nitrogen and oxygen atoms in total. The van der Waals surface area contributed by atoms with E-state index in [1.807, 2.05) is 18.2 Å². The molecule has 0 radical (unpaired) electrons. The first-order valence-electron chi connectivity index (χ1n) is 5.41. The number of nitrogens with zero attached hydrogens (tertiary/aromatic N) is 1. The minimum absolute atomic E-state index is 0.903. The molecule has 0 bridgehead atoms. The number of fused-ring (bicyclic) bond motifs is 1. The third-order valence-corrected chi connectivity index (χ3v) is 3.61. The van der Waals surface area contributed by atoms with Crippen molar-refractivity contribution >= 4 is 48.5 Å². The van der Waals surface area contributed by atoms with Crippen LogP contribution in [0.3, 0.4) is 0 Å². The van der Waals surface area contributed by atoms with E-state index in [4.69, 9.17) is 5.84 Å². The zero-order valence-corrected chi connectivity index (χ0v) is 12.6. The summed E-state index contributed by atoms with van der Waals surface area (Å²) in [6, 6.07) is 6.01. The highest BCUT2D eigenvalue weighted by Crippen LogP contribution is 2.32. The average molecular weight is 359 g/mol. The van der Waals surface area contributed by atoms with Crippen LogP contribution in [0.5, 0.6) is 0 Å². The molecule has 0 aliphatic heterocycles. The van der Waals surface area contributed by atoms with Crippen LogP contribution >= 0.6 is 31.9 Å². The average Bonchev–Trinajstić information content (AvgIpc) is 2.29. The van der Waals surface area contributed by atoms with Crippen molar-refractivity contribution in [1.29, 1.82) is 0 Å². The van der Waals surface area contributed by atoms with Crippen LogP contribution < -0.4 is 11.3 Å². The summed E-state index contributed by atoms with van der Waals surface area (Å²) in [7, 11) is 0. The molecule has 0 unspecified atom stereocenters. The normalized spacial score (nSPS) is 10.8. The summed E-state index contributed by atoms with van der Waals surface area (Å²) >= 11 is 7.00. The first-order valence-corrected chi connectivity index (χ1v) is 6.99. The summed E-state index contributed by atoms with van der Waals surface area (Å²) in [5, 5.41) is 1.01. The molecule has 5 heteroatoms. The van der Waals surface area contributed by atoms with Gasteiger partial charge in [-0.2, -0.15) is 0 Å². The van der Waals surface area contributed by atoms with E-state index in [0.29, 0.717) is 0 Å². The number of pyridine rings is 1. The number of hydrogen-bond acceptors (Lipinski definition) is 3. The van der Waals surface area contributed by atoms with Gasteiger partial charge in [-0.3, -0.25) is 10.8 Å². The Hall–Kier alpha value is -0.650. The van der Waals surface area contributed by atoms with Crippen molar-refractivity contribution in [2.24, 2.45) is 5.84 Å². The molecule has 0 amide bonds. The van der Waals surface area contributed by atoms with E-state index in [1.54, 1.807) is 0 Å². The van der Waals surface area contributed by atoms with Crippen LogP contribution in [0, 0.1) is 0 Å². The third-order valence-electron chi connectivity index (χ3n) is 2.55. The summed E-state index contributed by atoms with van der Waals surface area (Å²) in [5.74, 6) is 5.57. The molecule has 0 spiro atoms. The fourth-order valence-electron chi connectivity index (χ4n) is 1.81. The van der Waals surface area contributed by atoms with E-state index >= 15 is 0 Å². The number of nitrogens with one attached hydrogen (secondary N) is 1. The number of hydrazine groups is 1. The largest absolute Gasteiger partial charge is 0.323 e. The number of halogens is 2. The maximum absolute atomic E-state index is 5.57. The van der Waals surface area contributed by atoms with Crippen molar-refractivity contribution in [1.82, 2.24) is 4.98 Å². The fraction of sp³-hybridized carbons (Fsp3) is 0.250. The lowest BCUT2D eigenvalue weighted by atomic mass is 10.1. The van der Waals surface area contributed by atoms with Crippen LogP contribution in [-0.4, -0.2) is 4.98 Å². The molecule has 2 aromatic rings. The molecule has 0 saturated carbocycles. The number of aromatic nitrogens is 1. The van der Waals surface area contributed by atoms with Gasteiger partial charge in [-0.25, -0.2) is 0 Å². The van der Waals surface area contributed by atoms with E-state index in [0.717, 1.165) is 44.1 Å². The molecule has 2 rings (SSSR count). The third kappa shape index (κ3) is 2.61. The molecule has 1 aromatic carbocycles. The number of aryl methyl sites for hydroxylation is 1. The van der Waals surface area contributed by atoms with Crippen molar-refractivity contribution in [2.75, 3.05) is 5.43 Å². The Bertz CT molecular complexity index is 555. The van der Waals surface area contributed by atoms with Gasteiger partial charge in [0, 0.05) is 20.0 Å². The molecular weight excluding hydrogens is 346 g/mol. The minimum Gasteiger partial charge on any atom is -0.323 e. The molecular formula is C12H13Br2N3. The number of anilines is 1. The van der Waals surface area contributed by atoms with E-state index in [1.165, 1.54) is 0 Å². The van der Waals surface area contributed by atoms with Gasteiger partial charge >= 0.3 is 0 Å². The molecule has 0 aliphatic rings. The molecule has 0 fully saturated rings. The van der Waals surface area contributed by atoms with Crippen molar-refractivity contribution in [3.63, 3.8) is 0 Å². The van der Waals surface area contributed by atoms with Crippen LogP contribution in [0.4, 0.5) is 5.69 Å². The highest BCUT2D eigenvalue weighted by Gasteiger charge is 2.09. The number of benzene rings is 1. The standard InChI is InChI=1S/C12H13Br2N3/c1-2-3-8-6-11(17-15)9-4-7(13)5-10(14)12(9)16-8/h4-6H,2-3,15H2,1H3,(H,16,17). The zero-order valence-electron chi connectivity index (χ0n) is 9.43. The van der Waals surface area contributed by atoms with Crippen LogP contribution in [0.25, 0.3) is 10.9 Å². The Kier molecular flexibility index (Phi) is 4.01. The van der Waals surface area contributed by atoms with E-state index in [2.05, 4.69) is 49.2 Å². The first kappa shape index (κ1) is 12.8. The fourth-order valence-corrected chi connectivity index (χ4v) is 3.12. The molecule has 0 atom stereocenters. The number of hydrogen-bond donors (Lipinski definition) is 2. The van der Waals surface area contributed by atoms with Crippen molar-refractivity contribution < 1.29 is 0 Å². The highest BCUT2D eigenvalue weighted by molar-refractivity contribution is 9.11. The Labute approximate surface area is 117 Å². The van der Waals surface area contributed by atoms with Gasteiger partial charge in [0.1, 0.15) is 0 Å². The summed E-state index contributed by atoms with van der Waals surface area (Å²) < 4.78 is 1.97. The van der Waals surface area contributed by atoms with Gasteiger partial charge in [0.05, 0.1) is 11.2 Å². The molecule has 1 aromatic heterocycles. The van der Waals surface area contributed by atoms with Gasteiger partial charge in [0.15, 0.2) is 0 Å². The number of nitrogens with two attached hydrogens (primary N) is 1. The summed E-state index contributed by atoms with van der Waals surface area (Å²) in [6.45, 7) is 2.14. The summed E-state index contributed by atoms with van der Waals surface area (Å²) in [6.07, 6.45) is 2.02. The Morgan fingerprint density at radius 2 is 2.06 bits per heavy atom. The van der Waals surface area contributed by atoms with Crippen LogP contribution in [0.15, 0.2) is 27.1 Å². The number of nitrogen functional groups attached to an aromatic ring is 1. The predicted molar refractivity (Wildman–Crippen MR) is 78.9 cm³/mol. The maximum atomic E-state index is 5.57. The monoisotopic (exact) mass is 357 g/mol. The van der Waals surface area contributed by atoms with Crippen LogP contribution in [-0.2, 0) is 6.42 Å². The van der Waals surface area contributed by atoms with Crippen LogP contribution in [0.1, 0.15) is 19.0 Å². The van der Waals surface area contributed by atoms with E-state index < -0.39 is 0 Å². The van der Waals surface area contributed by atoms with Crippen molar-refractivity contribution in [3.8, 4) is 0 Å². The molecule has 1 heterocycles. The second-order valence-corrected chi connectivity index (χ2v) is 5.61. The van der Waals surface area contributed by atoms with Gasteiger partial charge in [0.2, 0.25) is 0 Å². The molecule has 90 valence electrons. The van der Waals surface area contributed by atoms with Gasteiger partial charge < -0.3 is 5.43 Å². The minimum atomic E-state index is 0.903. The smallest absolute Gasteiger partial charge is 0.0869 e. The van der Waals surface area contributed by atoms with Gasteiger partial charge in [-0.1, -0.05) is 29.3 Å². The van der Waals surface area contributed by atoms with Crippen molar-refractivity contribution in [2.45, 2.75) is 19.8 Å². The summed E-state index contributed by atoms with van der Waals surface area (Å²) in [4.78, 5) is 4.65. The van der Waals surface area contributed by atoms with Gasteiger partial charge in [-0.05, 0) is 40.5 Å². The Balaban J connectivity index is 2.73. The summed E-state index contributed by atoms with van der Waals surface area (Å²) in [5.41, 5.74) is 5.63. The van der Waals surface area contributed by atoms with Gasteiger partial charge in [-0.15, -0.1) is 0 Å². The van der Waals surface area contributed by atoms with E-state index in [9.17, 15) is 0 Å². The lowest BCUT2D eigenvalue weighted by molar-refractivity contribution is 0.889. The van der Waals surface area contributed by atoms with Crippen LogP contribution in [0.2, 0.25) is 0 Å². The number of rotatable bonds is 3.